The van der Waals surface area contributed by atoms with Gasteiger partial charge in [0, 0.05) is 30.3 Å². The molecule has 1 aliphatic carbocycles. The summed E-state index contributed by atoms with van der Waals surface area (Å²) in [5.41, 5.74) is -0.115. The lowest BCUT2D eigenvalue weighted by atomic mass is 9.60. The van der Waals surface area contributed by atoms with E-state index >= 15 is 4.39 Å². The molecule has 2 N–H and O–H groups in total. The molecule has 2 aromatic carbocycles. The van der Waals surface area contributed by atoms with E-state index in [1.54, 1.807) is 17.0 Å². The number of hydrogen-bond acceptors (Lipinski definition) is 7. The lowest BCUT2D eigenvalue weighted by Gasteiger charge is -2.50. The van der Waals surface area contributed by atoms with E-state index < -0.39 is 23.0 Å². The molecule has 3 aromatic rings. The summed E-state index contributed by atoms with van der Waals surface area (Å²) in [4.78, 5) is 31.0. The molecule has 1 saturated heterocycles. The Morgan fingerprint density at radius 1 is 1.21 bits per heavy atom. The fourth-order valence-corrected chi connectivity index (χ4v) is 5.76. The molecule has 204 valence electrons. The van der Waals surface area contributed by atoms with Gasteiger partial charge >= 0.3 is 0 Å². The molecule has 10 heteroatoms. The highest BCUT2D eigenvalue weighted by atomic mass is 32.2. The number of benzene rings is 2. The zero-order valence-corrected chi connectivity index (χ0v) is 23.1. The van der Waals surface area contributed by atoms with E-state index in [-0.39, 0.29) is 28.2 Å². The van der Waals surface area contributed by atoms with Crippen molar-refractivity contribution in [1.82, 2.24) is 19.2 Å². The van der Waals surface area contributed by atoms with Crippen molar-refractivity contribution in [3.63, 3.8) is 0 Å². The van der Waals surface area contributed by atoms with Crippen LogP contribution in [0.1, 0.15) is 68.4 Å². The van der Waals surface area contributed by atoms with E-state index in [1.165, 1.54) is 18.2 Å². The van der Waals surface area contributed by atoms with Gasteiger partial charge in [0.1, 0.15) is 5.82 Å². The largest absolute Gasteiger partial charge is 0.317 e. The van der Waals surface area contributed by atoms with Gasteiger partial charge in [-0.15, -0.1) is 0 Å². The SMILES string of the molecule is CC.CCN(C)SNc1ccc(F)c(C(=O)c2ccc3ncn(C4CC5(CCNCC5)C4)c(=O)c3c2)c1F. The summed E-state index contributed by atoms with van der Waals surface area (Å²) >= 11 is 1.14. The second kappa shape index (κ2) is 11.9. The van der Waals surface area contributed by atoms with Crippen LogP contribution in [0.5, 0.6) is 0 Å². The number of piperidine rings is 1. The monoisotopic (exact) mass is 543 g/mol. The van der Waals surface area contributed by atoms with Crippen molar-refractivity contribution in [3.8, 4) is 0 Å². The van der Waals surface area contributed by atoms with Gasteiger partial charge in [0.2, 0.25) is 0 Å². The van der Waals surface area contributed by atoms with Gasteiger partial charge in [0.25, 0.3) is 5.56 Å². The minimum atomic E-state index is -0.970. The summed E-state index contributed by atoms with van der Waals surface area (Å²) in [6.07, 6.45) is 5.65. The van der Waals surface area contributed by atoms with E-state index in [4.69, 9.17) is 0 Å². The first-order valence-corrected chi connectivity index (χ1v) is 14.0. The first kappa shape index (κ1) is 28.2. The third kappa shape index (κ3) is 5.48. The molecule has 2 heterocycles. The van der Waals surface area contributed by atoms with Gasteiger partial charge in [-0.1, -0.05) is 20.8 Å². The number of carbonyl (C=O) groups is 1. The number of nitrogens with zero attached hydrogens (tertiary/aromatic N) is 3. The smallest absolute Gasteiger partial charge is 0.261 e. The maximum absolute atomic E-state index is 15.2. The van der Waals surface area contributed by atoms with Crippen LogP contribution in [0.15, 0.2) is 41.5 Å². The molecule has 0 atom stereocenters. The normalized spacial score (nSPS) is 16.7. The Balaban J connectivity index is 0.00000164. The summed E-state index contributed by atoms with van der Waals surface area (Å²) in [6.45, 7) is 8.64. The Morgan fingerprint density at radius 3 is 2.61 bits per heavy atom. The molecular formula is C28H35F2N5O2S. The third-order valence-corrected chi connectivity index (χ3v) is 8.40. The van der Waals surface area contributed by atoms with E-state index in [0.29, 0.717) is 17.5 Å². The number of aromatic nitrogens is 2. The summed E-state index contributed by atoms with van der Waals surface area (Å²) < 4.78 is 36.1. The first-order valence-electron chi connectivity index (χ1n) is 13.2. The van der Waals surface area contributed by atoms with Gasteiger partial charge in [-0.2, -0.15) is 0 Å². The standard InChI is InChI=1S/C26H29F2N5O2S.C2H6/c1-3-32(2)36-31-21-7-5-19(27)22(23(21)28)24(34)16-4-6-20-18(12-16)25(35)33(15-30-20)17-13-26(14-17)8-10-29-11-9-26;1-2/h4-7,12,15,17,29,31H,3,8-11,13-14H2,1-2H3;1-2H3. The molecular weight excluding hydrogens is 508 g/mol. The van der Waals surface area contributed by atoms with Gasteiger partial charge in [0.05, 0.1) is 28.5 Å². The molecule has 2 aliphatic rings. The Labute approximate surface area is 226 Å². The quantitative estimate of drug-likeness (QED) is 0.298. The van der Waals surface area contributed by atoms with Crippen LogP contribution >= 0.6 is 12.1 Å². The van der Waals surface area contributed by atoms with Gasteiger partial charge in [-0.05, 0) is 81.6 Å². The van der Waals surface area contributed by atoms with Crippen LogP contribution in [0.3, 0.4) is 0 Å². The van der Waals surface area contributed by atoms with Crippen molar-refractivity contribution in [2.75, 3.05) is 31.4 Å². The van der Waals surface area contributed by atoms with Gasteiger partial charge < -0.3 is 10.0 Å². The second-order valence-corrected chi connectivity index (χ2v) is 10.8. The highest BCUT2D eigenvalue weighted by Gasteiger charge is 2.45. The van der Waals surface area contributed by atoms with Crippen molar-refractivity contribution in [2.24, 2.45) is 5.41 Å². The predicted molar refractivity (Wildman–Crippen MR) is 149 cm³/mol. The first-order chi connectivity index (χ1) is 18.3. The maximum atomic E-state index is 15.2. The average Bonchev–Trinajstić information content (AvgIpc) is 2.93. The topological polar surface area (TPSA) is 79.3 Å². The summed E-state index contributed by atoms with van der Waals surface area (Å²) in [7, 11) is 1.82. The van der Waals surface area contributed by atoms with Gasteiger partial charge in [-0.25, -0.2) is 18.1 Å². The second-order valence-electron chi connectivity index (χ2n) is 9.75. The van der Waals surface area contributed by atoms with Crippen LogP contribution in [0.4, 0.5) is 14.5 Å². The number of rotatable bonds is 7. The Hall–Kier alpha value is -2.82. The number of ketones is 1. The molecule has 1 aromatic heterocycles. The fraction of sp³-hybridized carbons (Fsp3) is 0.464. The zero-order valence-electron chi connectivity index (χ0n) is 22.3. The zero-order chi connectivity index (χ0) is 27.4. The van der Waals surface area contributed by atoms with Crippen LogP contribution in [-0.4, -0.2) is 46.3 Å². The van der Waals surface area contributed by atoms with Gasteiger partial charge in [-0.3, -0.25) is 14.2 Å². The molecule has 0 radical (unpaired) electrons. The molecule has 7 nitrogen and oxygen atoms in total. The van der Waals surface area contributed by atoms with Crippen molar-refractivity contribution in [3.05, 3.63) is 69.8 Å². The van der Waals surface area contributed by atoms with Crippen molar-refractivity contribution in [2.45, 2.75) is 52.5 Å². The number of hydrogen-bond donors (Lipinski definition) is 2. The molecule has 2 fully saturated rings. The molecule has 1 aliphatic heterocycles. The molecule has 0 amide bonds. The average molecular weight is 544 g/mol. The van der Waals surface area contributed by atoms with Crippen LogP contribution in [0.2, 0.25) is 0 Å². The summed E-state index contributed by atoms with van der Waals surface area (Å²) in [5, 5.41) is 3.65. The highest BCUT2D eigenvalue weighted by molar-refractivity contribution is 7.98. The van der Waals surface area contributed by atoms with Crippen LogP contribution in [0.25, 0.3) is 10.9 Å². The third-order valence-electron chi connectivity index (χ3n) is 7.51. The van der Waals surface area contributed by atoms with Crippen LogP contribution in [-0.2, 0) is 0 Å². The lowest BCUT2D eigenvalue weighted by molar-refractivity contribution is 0.0270. The van der Waals surface area contributed by atoms with Crippen LogP contribution < -0.4 is 15.6 Å². The fourth-order valence-electron chi connectivity index (χ4n) is 5.21. The predicted octanol–water partition coefficient (Wildman–Crippen LogP) is 5.56. The molecule has 0 bridgehead atoms. The van der Waals surface area contributed by atoms with Crippen molar-refractivity contribution in [1.29, 1.82) is 0 Å². The van der Waals surface area contributed by atoms with Gasteiger partial charge in [0.15, 0.2) is 11.6 Å². The number of carbonyl (C=O) groups excluding carboxylic acids is 1. The molecule has 1 saturated carbocycles. The van der Waals surface area contributed by atoms with E-state index in [1.807, 2.05) is 32.1 Å². The molecule has 38 heavy (non-hydrogen) atoms. The van der Waals surface area contributed by atoms with E-state index in [0.717, 1.165) is 57.0 Å². The summed E-state index contributed by atoms with van der Waals surface area (Å²) in [6, 6.07) is 6.80. The Kier molecular flexibility index (Phi) is 8.85. The number of fused-ring (bicyclic) bond motifs is 1. The Morgan fingerprint density at radius 2 is 1.92 bits per heavy atom. The summed E-state index contributed by atoms with van der Waals surface area (Å²) in [5.74, 6) is -2.75. The number of halogens is 2. The molecule has 0 unspecified atom stereocenters. The lowest BCUT2D eigenvalue weighted by Crippen LogP contribution is -2.47. The number of anilines is 1. The van der Waals surface area contributed by atoms with E-state index in [9.17, 15) is 14.0 Å². The van der Waals surface area contributed by atoms with Crippen molar-refractivity contribution >= 4 is 34.5 Å². The molecule has 1 spiro atoms. The number of nitrogens with one attached hydrogen (secondary N) is 2. The Bertz CT molecular complexity index is 1370. The van der Waals surface area contributed by atoms with E-state index in [2.05, 4.69) is 15.0 Å². The molecule has 5 rings (SSSR count). The maximum Gasteiger partial charge on any atom is 0.261 e. The minimum Gasteiger partial charge on any atom is -0.317 e. The van der Waals surface area contributed by atoms with Crippen LogP contribution in [0, 0.1) is 17.0 Å². The minimum absolute atomic E-state index is 0.00619. The highest BCUT2D eigenvalue weighted by Crippen LogP contribution is 2.53. The van der Waals surface area contributed by atoms with Crippen molar-refractivity contribution < 1.29 is 13.6 Å².